The molecule has 0 saturated heterocycles. The minimum absolute atomic E-state index is 0.0666. The first-order chi connectivity index (χ1) is 14.3. The largest absolute Gasteiger partial charge is 0.416 e. The smallest absolute Gasteiger partial charge is 0.287 e. The van der Waals surface area contributed by atoms with Crippen molar-refractivity contribution in [2.24, 2.45) is 4.40 Å². The number of benzene rings is 2. The third kappa shape index (κ3) is 4.05. The summed E-state index contributed by atoms with van der Waals surface area (Å²) in [6, 6.07) is 15.4. The van der Waals surface area contributed by atoms with E-state index in [1.54, 1.807) is 0 Å². The maximum absolute atomic E-state index is 13.3. The highest BCUT2D eigenvalue weighted by Gasteiger charge is 2.35. The van der Waals surface area contributed by atoms with Crippen molar-refractivity contribution in [1.29, 1.82) is 0 Å². The first kappa shape index (κ1) is 20.4. The molecule has 1 aliphatic rings. The maximum atomic E-state index is 13.3. The molecule has 0 aliphatic carbocycles. The number of hydrogen-bond donors (Lipinski definition) is 0. The van der Waals surface area contributed by atoms with Crippen molar-refractivity contribution in [3.63, 3.8) is 0 Å². The molecule has 154 valence electrons. The number of aromatic nitrogens is 1. The minimum Gasteiger partial charge on any atom is -0.287 e. The van der Waals surface area contributed by atoms with Crippen LogP contribution in [-0.2, 0) is 22.0 Å². The predicted molar refractivity (Wildman–Crippen MR) is 110 cm³/mol. The minimum atomic E-state index is -4.53. The van der Waals surface area contributed by atoms with Crippen LogP contribution in [0.3, 0.4) is 0 Å². The molecular weight excluding hydrogens is 435 g/mol. The third-order valence-electron chi connectivity index (χ3n) is 4.31. The van der Waals surface area contributed by atoms with Crippen LogP contribution in [0.5, 0.6) is 0 Å². The summed E-state index contributed by atoms with van der Waals surface area (Å²) in [6.45, 7) is 0. The molecule has 0 amide bonds. The molecule has 0 radical (unpaired) electrons. The van der Waals surface area contributed by atoms with Crippen LogP contribution >= 0.6 is 11.8 Å². The van der Waals surface area contributed by atoms with Gasteiger partial charge in [0.15, 0.2) is 5.17 Å². The first-order valence-electron chi connectivity index (χ1n) is 8.69. The van der Waals surface area contributed by atoms with Crippen molar-refractivity contribution in [2.45, 2.75) is 16.8 Å². The number of pyridine rings is 1. The Bertz CT molecular complexity index is 1210. The molecule has 0 unspecified atom stereocenters. The average molecular weight is 449 g/mol. The number of hydrogen-bond acceptors (Lipinski definition) is 5. The Kier molecular flexibility index (Phi) is 5.29. The van der Waals surface area contributed by atoms with Gasteiger partial charge in [0.25, 0.3) is 10.0 Å². The van der Waals surface area contributed by atoms with Crippen LogP contribution in [0.4, 0.5) is 24.5 Å². The van der Waals surface area contributed by atoms with Gasteiger partial charge >= 0.3 is 6.18 Å². The fraction of sp³-hybridized carbons (Fsp3) is 0.100. The van der Waals surface area contributed by atoms with E-state index in [0.29, 0.717) is 5.75 Å². The molecule has 0 bridgehead atoms. The van der Waals surface area contributed by atoms with Crippen LogP contribution in [0, 0.1) is 0 Å². The second-order valence-corrected chi connectivity index (χ2v) is 8.87. The number of halogens is 3. The standard InChI is InChI=1S/C20H14F3N3O2S2/c21-20(22,23)15-7-4-8-16(11-15)26-17-9-10-24-12-18(17)30(27,28)25-19(26)29-13-14-5-2-1-3-6-14/h1-12H,13H2. The second-order valence-electron chi connectivity index (χ2n) is 6.35. The summed E-state index contributed by atoms with van der Waals surface area (Å²) in [6.07, 6.45) is -2.00. The lowest BCUT2D eigenvalue weighted by molar-refractivity contribution is -0.137. The molecule has 30 heavy (non-hydrogen) atoms. The monoisotopic (exact) mass is 449 g/mol. The lowest BCUT2D eigenvalue weighted by Gasteiger charge is -2.30. The Balaban J connectivity index is 1.82. The first-order valence-corrected chi connectivity index (χ1v) is 11.1. The van der Waals surface area contributed by atoms with E-state index in [0.717, 1.165) is 35.7 Å². The normalized spacial score (nSPS) is 15.4. The van der Waals surface area contributed by atoms with Gasteiger partial charge in [-0.1, -0.05) is 48.2 Å². The van der Waals surface area contributed by atoms with Crippen molar-refractivity contribution in [3.8, 4) is 0 Å². The highest BCUT2D eigenvalue weighted by Crippen LogP contribution is 2.41. The molecule has 2 aromatic carbocycles. The Morgan fingerprint density at radius 2 is 1.77 bits per heavy atom. The molecule has 5 nitrogen and oxygen atoms in total. The van der Waals surface area contributed by atoms with E-state index in [1.807, 2.05) is 30.3 Å². The van der Waals surface area contributed by atoms with Gasteiger partial charge in [0.1, 0.15) is 4.90 Å². The number of alkyl halides is 3. The van der Waals surface area contributed by atoms with Crippen molar-refractivity contribution in [2.75, 3.05) is 4.90 Å². The molecule has 1 aromatic heterocycles. The van der Waals surface area contributed by atoms with Crippen molar-refractivity contribution in [1.82, 2.24) is 4.98 Å². The van der Waals surface area contributed by atoms with E-state index in [4.69, 9.17) is 0 Å². The lowest BCUT2D eigenvalue weighted by Crippen LogP contribution is -2.30. The number of fused-ring (bicyclic) bond motifs is 1. The summed E-state index contributed by atoms with van der Waals surface area (Å²) in [7, 11) is -4.03. The zero-order chi connectivity index (χ0) is 21.4. The van der Waals surface area contributed by atoms with Gasteiger partial charge in [-0.15, -0.1) is 4.40 Å². The van der Waals surface area contributed by atoms with Crippen LogP contribution in [0.25, 0.3) is 0 Å². The molecule has 3 aromatic rings. The Morgan fingerprint density at radius 3 is 2.50 bits per heavy atom. The van der Waals surface area contributed by atoms with Crippen LogP contribution < -0.4 is 4.90 Å². The molecule has 0 saturated carbocycles. The van der Waals surface area contributed by atoms with E-state index < -0.39 is 21.8 Å². The molecule has 0 spiro atoms. The molecule has 2 heterocycles. The van der Waals surface area contributed by atoms with E-state index in [-0.39, 0.29) is 21.4 Å². The average Bonchev–Trinajstić information content (AvgIpc) is 2.72. The van der Waals surface area contributed by atoms with Crippen LogP contribution in [-0.4, -0.2) is 18.6 Å². The molecule has 10 heteroatoms. The van der Waals surface area contributed by atoms with E-state index in [9.17, 15) is 21.6 Å². The number of amidine groups is 1. The quantitative estimate of drug-likeness (QED) is 0.548. The van der Waals surface area contributed by atoms with E-state index >= 15 is 0 Å². The van der Waals surface area contributed by atoms with Crippen molar-refractivity contribution >= 4 is 38.3 Å². The maximum Gasteiger partial charge on any atom is 0.416 e. The van der Waals surface area contributed by atoms with Gasteiger partial charge < -0.3 is 0 Å². The van der Waals surface area contributed by atoms with E-state index in [2.05, 4.69) is 9.38 Å². The van der Waals surface area contributed by atoms with Gasteiger partial charge in [-0.25, -0.2) is 0 Å². The number of rotatable bonds is 3. The highest BCUT2D eigenvalue weighted by molar-refractivity contribution is 8.14. The summed E-state index contributed by atoms with van der Waals surface area (Å²) < 4.78 is 69.0. The summed E-state index contributed by atoms with van der Waals surface area (Å²) in [5.41, 5.74) is 0.449. The summed E-state index contributed by atoms with van der Waals surface area (Å²) >= 11 is 1.13. The topological polar surface area (TPSA) is 62.6 Å². The molecule has 4 rings (SSSR count). The molecule has 0 atom stereocenters. The Morgan fingerprint density at radius 1 is 1.00 bits per heavy atom. The lowest BCUT2D eigenvalue weighted by atomic mass is 10.1. The van der Waals surface area contributed by atoms with Crippen LogP contribution in [0.2, 0.25) is 0 Å². The van der Waals surface area contributed by atoms with Crippen molar-refractivity contribution in [3.05, 3.63) is 84.2 Å². The number of nitrogens with zero attached hydrogens (tertiary/aromatic N) is 3. The fourth-order valence-corrected chi connectivity index (χ4v) is 5.27. The molecule has 0 fully saturated rings. The Hall–Kier alpha value is -2.85. The summed E-state index contributed by atoms with van der Waals surface area (Å²) in [5.74, 6) is 0.394. The van der Waals surface area contributed by atoms with E-state index in [1.165, 1.54) is 29.3 Å². The van der Waals surface area contributed by atoms with Crippen LogP contribution in [0.1, 0.15) is 11.1 Å². The van der Waals surface area contributed by atoms with Crippen LogP contribution in [0.15, 0.2) is 82.4 Å². The molecule has 0 N–H and O–H groups in total. The fourth-order valence-electron chi connectivity index (χ4n) is 2.94. The summed E-state index contributed by atoms with van der Waals surface area (Å²) in [4.78, 5) is 5.09. The SMILES string of the molecule is O=S1(=O)N=C(SCc2ccccc2)N(c2cccc(C(F)(F)F)c2)c2ccncc21. The highest BCUT2D eigenvalue weighted by atomic mass is 32.2. The van der Waals surface area contributed by atoms with Gasteiger partial charge in [0.05, 0.1) is 11.3 Å². The molecular formula is C20H14F3N3O2S2. The predicted octanol–water partition coefficient (Wildman–Crippen LogP) is 5.23. The summed E-state index contributed by atoms with van der Waals surface area (Å²) in [5, 5.41) is 0.0666. The van der Waals surface area contributed by atoms with Gasteiger partial charge in [-0.2, -0.15) is 21.6 Å². The second kappa shape index (κ2) is 7.77. The number of anilines is 2. The van der Waals surface area contributed by atoms with Gasteiger partial charge in [0, 0.05) is 23.8 Å². The molecule has 1 aliphatic heterocycles. The van der Waals surface area contributed by atoms with Gasteiger partial charge in [0.2, 0.25) is 0 Å². The number of sulfonamides is 1. The zero-order valence-electron chi connectivity index (χ0n) is 15.2. The number of thioether (sulfide) groups is 1. The van der Waals surface area contributed by atoms with Gasteiger partial charge in [-0.05, 0) is 29.8 Å². The Labute approximate surface area is 175 Å². The van der Waals surface area contributed by atoms with Crippen molar-refractivity contribution < 1.29 is 21.6 Å². The zero-order valence-corrected chi connectivity index (χ0v) is 16.9. The van der Waals surface area contributed by atoms with Gasteiger partial charge in [-0.3, -0.25) is 9.88 Å². The third-order valence-corrected chi connectivity index (χ3v) is 6.72.